The van der Waals surface area contributed by atoms with Crippen LogP contribution in [0.2, 0.25) is 0 Å². The third-order valence-corrected chi connectivity index (χ3v) is 4.22. The zero-order valence-corrected chi connectivity index (χ0v) is 12.4. The molecule has 1 aliphatic heterocycles. The van der Waals surface area contributed by atoms with E-state index in [4.69, 9.17) is 0 Å². The lowest BCUT2D eigenvalue weighted by molar-refractivity contribution is 0.328. The predicted octanol–water partition coefficient (Wildman–Crippen LogP) is 2.64. The molecule has 0 aliphatic carbocycles. The van der Waals surface area contributed by atoms with Crippen molar-refractivity contribution in [3.8, 4) is 0 Å². The molecule has 1 atom stereocenters. The minimum Gasteiger partial charge on any atom is -0.365 e. The second-order valence-corrected chi connectivity index (χ2v) is 5.81. The van der Waals surface area contributed by atoms with Crippen LogP contribution in [0.3, 0.4) is 0 Å². The van der Waals surface area contributed by atoms with E-state index in [1.165, 1.54) is 5.56 Å². The predicted molar refractivity (Wildman–Crippen MR) is 87.6 cm³/mol. The molecule has 1 fully saturated rings. The molecular weight excluding hydrogens is 274 g/mol. The van der Waals surface area contributed by atoms with E-state index < -0.39 is 0 Å². The number of rotatable bonds is 4. The highest BCUT2D eigenvalue weighted by atomic mass is 15.2. The van der Waals surface area contributed by atoms with E-state index in [0.29, 0.717) is 6.04 Å². The normalized spacial score (nSPS) is 18.8. The van der Waals surface area contributed by atoms with Crippen molar-refractivity contribution in [2.24, 2.45) is 0 Å². The van der Waals surface area contributed by atoms with Crippen LogP contribution in [0.4, 0.5) is 5.82 Å². The van der Waals surface area contributed by atoms with E-state index >= 15 is 0 Å². The van der Waals surface area contributed by atoms with Crippen LogP contribution in [0.5, 0.6) is 0 Å². The fraction of sp³-hybridized carbons (Fsp3) is 0.294. The Morgan fingerprint density at radius 1 is 1.18 bits per heavy atom. The number of fused-ring (bicyclic) bond motifs is 1. The molecule has 0 saturated carbocycles. The molecule has 4 rings (SSSR count). The number of hydrogen-bond donors (Lipinski definition) is 2. The molecule has 0 radical (unpaired) electrons. The maximum Gasteiger partial charge on any atom is 0.142 e. The van der Waals surface area contributed by atoms with Crippen LogP contribution in [-0.2, 0) is 6.54 Å². The third kappa shape index (κ3) is 2.67. The fourth-order valence-electron chi connectivity index (χ4n) is 3.12. The van der Waals surface area contributed by atoms with Gasteiger partial charge in [-0.3, -0.25) is 4.90 Å². The second kappa shape index (κ2) is 5.77. The summed E-state index contributed by atoms with van der Waals surface area (Å²) in [7, 11) is 0. The number of nitrogens with zero attached hydrogens (tertiary/aromatic N) is 3. The lowest BCUT2D eigenvalue weighted by atomic mass is 10.2. The molecular formula is C17H19N5. The highest BCUT2D eigenvalue weighted by Gasteiger charge is 2.23. The molecule has 1 aromatic carbocycles. The summed E-state index contributed by atoms with van der Waals surface area (Å²) in [5, 5.41) is 4.63. The molecule has 2 aromatic heterocycles. The average Bonchev–Trinajstić information content (AvgIpc) is 3.18. The quantitative estimate of drug-likeness (QED) is 0.776. The molecule has 3 heterocycles. The third-order valence-electron chi connectivity index (χ3n) is 4.22. The van der Waals surface area contributed by atoms with Crippen molar-refractivity contribution in [1.82, 2.24) is 19.9 Å². The minimum absolute atomic E-state index is 0.441. The number of nitrogens with one attached hydrogen (secondary N) is 2. The van der Waals surface area contributed by atoms with Gasteiger partial charge in [-0.2, -0.15) is 0 Å². The Bertz CT molecular complexity index is 752. The highest BCUT2D eigenvalue weighted by molar-refractivity contribution is 5.86. The van der Waals surface area contributed by atoms with Gasteiger partial charge in [0.2, 0.25) is 0 Å². The summed E-state index contributed by atoms with van der Waals surface area (Å²) < 4.78 is 0. The Morgan fingerprint density at radius 2 is 2.09 bits per heavy atom. The van der Waals surface area contributed by atoms with Gasteiger partial charge in [0, 0.05) is 31.9 Å². The number of aromatic amines is 1. The summed E-state index contributed by atoms with van der Waals surface area (Å²) in [6.07, 6.45) is 4.65. The number of hydrogen-bond acceptors (Lipinski definition) is 4. The molecule has 5 nitrogen and oxygen atoms in total. The van der Waals surface area contributed by atoms with Crippen LogP contribution in [0.1, 0.15) is 12.0 Å². The summed E-state index contributed by atoms with van der Waals surface area (Å²) >= 11 is 0. The topological polar surface area (TPSA) is 56.8 Å². The summed E-state index contributed by atoms with van der Waals surface area (Å²) in [6.45, 7) is 3.18. The molecule has 1 saturated heterocycles. The Balaban J connectivity index is 1.42. The van der Waals surface area contributed by atoms with E-state index in [1.807, 2.05) is 12.3 Å². The van der Waals surface area contributed by atoms with Crippen molar-refractivity contribution >= 4 is 16.9 Å². The second-order valence-electron chi connectivity index (χ2n) is 5.81. The van der Waals surface area contributed by atoms with Crippen molar-refractivity contribution in [2.75, 3.05) is 18.4 Å². The first-order valence-electron chi connectivity index (χ1n) is 7.69. The smallest absolute Gasteiger partial charge is 0.142 e. The van der Waals surface area contributed by atoms with Gasteiger partial charge in [-0.25, -0.2) is 9.97 Å². The number of H-pyrrole nitrogens is 1. The van der Waals surface area contributed by atoms with Crippen LogP contribution in [-0.4, -0.2) is 39.0 Å². The highest BCUT2D eigenvalue weighted by Crippen LogP contribution is 2.21. The Kier molecular flexibility index (Phi) is 3.48. The SMILES string of the molecule is c1ccc(CN2CC[C@@H](Nc3ncnc4[nH]ccc34)C2)cc1. The van der Waals surface area contributed by atoms with Gasteiger partial charge in [0.25, 0.3) is 0 Å². The Morgan fingerprint density at radius 3 is 3.00 bits per heavy atom. The van der Waals surface area contributed by atoms with Gasteiger partial charge in [-0.15, -0.1) is 0 Å². The molecule has 1 aliphatic rings. The van der Waals surface area contributed by atoms with E-state index in [0.717, 1.165) is 42.9 Å². The molecule has 112 valence electrons. The molecule has 0 amide bonds. The fourth-order valence-corrected chi connectivity index (χ4v) is 3.12. The van der Waals surface area contributed by atoms with Gasteiger partial charge < -0.3 is 10.3 Å². The summed E-state index contributed by atoms with van der Waals surface area (Å²) in [5.41, 5.74) is 2.26. The molecule has 3 aromatic rings. The van der Waals surface area contributed by atoms with Crippen molar-refractivity contribution in [3.63, 3.8) is 0 Å². The van der Waals surface area contributed by atoms with Crippen LogP contribution < -0.4 is 5.32 Å². The summed E-state index contributed by atoms with van der Waals surface area (Å²) in [4.78, 5) is 14.2. The van der Waals surface area contributed by atoms with Gasteiger partial charge in [-0.1, -0.05) is 30.3 Å². The zero-order valence-electron chi connectivity index (χ0n) is 12.4. The molecule has 22 heavy (non-hydrogen) atoms. The number of aromatic nitrogens is 3. The molecule has 2 N–H and O–H groups in total. The van der Waals surface area contributed by atoms with Crippen LogP contribution in [0.15, 0.2) is 48.9 Å². The summed E-state index contributed by atoms with van der Waals surface area (Å²) in [6, 6.07) is 13.1. The maximum absolute atomic E-state index is 4.39. The minimum atomic E-state index is 0.441. The Labute approximate surface area is 129 Å². The lowest BCUT2D eigenvalue weighted by Gasteiger charge is -2.17. The molecule has 0 bridgehead atoms. The standard InChI is InChI=1S/C17H19N5/c1-2-4-13(5-3-1)10-22-9-7-14(11-22)21-17-15-6-8-18-16(15)19-12-20-17/h1-6,8,12,14H,7,9-11H2,(H2,18,19,20,21)/t14-/m1/s1. The van der Waals surface area contributed by atoms with Gasteiger partial charge in [-0.05, 0) is 18.1 Å². The van der Waals surface area contributed by atoms with Crippen molar-refractivity contribution < 1.29 is 0 Å². The number of anilines is 1. The summed E-state index contributed by atoms with van der Waals surface area (Å²) in [5.74, 6) is 0.929. The first kappa shape index (κ1) is 13.3. The number of benzene rings is 1. The average molecular weight is 293 g/mol. The van der Waals surface area contributed by atoms with Crippen molar-refractivity contribution in [1.29, 1.82) is 0 Å². The van der Waals surface area contributed by atoms with Crippen LogP contribution in [0, 0.1) is 0 Å². The maximum atomic E-state index is 4.39. The van der Waals surface area contributed by atoms with Crippen LogP contribution in [0.25, 0.3) is 11.0 Å². The molecule has 0 spiro atoms. The van der Waals surface area contributed by atoms with Gasteiger partial charge in [0.15, 0.2) is 0 Å². The van der Waals surface area contributed by atoms with E-state index in [1.54, 1.807) is 6.33 Å². The van der Waals surface area contributed by atoms with Crippen molar-refractivity contribution in [2.45, 2.75) is 19.0 Å². The monoisotopic (exact) mass is 293 g/mol. The first-order valence-corrected chi connectivity index (χ1v) is 7.69. The Hall–Kier alpha value is -2.40. The van der Waals surface area contributed by atoms with Crippen LogP contribution >= 0.6 is 0 Å². The lowest BCUT2D eigenvalue weighted by Crippen LogP contribution is -2.26. The molecule has 0 unspecified atom stereocenters. The van der Waals surface area contributed by atoms with E-state index in [-0.39, 0.29) is 0 Å². The van der Waals surface area contributed by atoms with Gasteiger partial charge >= 0.3 is 0 Å². The largest absolute Gasteiger partial charge is 0.365 e. The van der Waals surface area contributed by atoms with Gasteiger partial charge in [0.05, 0.1) is 5.39 Å². The first-order chi connectivity index (χ1) is 10.9. The van der Waals surface area contributed by atoms with Crippen molar-refractivity contribution in [3.05, 3.63) is 54.5 Å². The van der Waals surface area contributed by atoms with E-state index in [2.05, 4.69) is 55.5 Å². The number of likely N-dealkylation sites (tertiary alicyclic amines) is 1. The molecule has 5 heteroatoms. The van der Waals surface area contributed by atoms with Gasteiger partial charge in [0.1, 0.15) is 17.8 Å². The zero-order chi connectivity index (χ0) is 14.8. The van der Waals surface area contributed by atoms with E-state index in [9.17, 15) is 0 Å².